The van der Waals surface area contributed by atoms with E-state index in [9.17, 15) is 4.21 Å². The fourth-order valence-corrected chi connectivity index (χ4v) is 3.92. The Bertz CT molecular complexity index is 638. The van der Waals surface area contributed by atoms with Crippen molar-refractivity contribution < 1.29 is 4.21 Å². The molecule has 1 unspecified atom stereocenters. The van der Waals surface area contributed by atoms with Crippen molar-refractivity contribution in [1.82, 2.24) is 9.78 Å². The van der Waals surface area contributed by atoms with Crippen LogP contribution in [0.5, 0.6) is 0 Å². The molecular formula is C15H20BrN3OS. The third-order valence-electron chi connectivity index (χ3n) is 3.48. The van der Waals surface area contributed by atoms with Crippen LogP contribution in [0, 0.1) is 0 Å². The molecule has 0 bridgehead atoms. The number of hydrogen-bond acceptors (Lipinski definition) is 3. The monoisotopic (exact) mass is 369 g/mol. The minimum atomic E-state index is -1.19. The van der Waals surface area contributed by atoms with Crippen LogP contribution in [0.3, 0.4) is 0 Å². The number of benzene rings is 1. The van der Waals surface area contributed by atoms with Crippen molar-refractivity contribution in [3.05, 3.63) is 40.6 Å². The predicted molar refractivity (Wildman–Crippen MR) is 90.5 cm³/mol. The van der Waals surface area contributed by atoms with Crippen molar-refractivity contribution in [3.63, 3.8) is 0 Å². The summed E-state index contributed by atoms with van der Waals surface area (Å²) in [7, 11) is -1.19. The fraction of sp³-hybridized carbons (Fsp3) is 0.400. The Morgan fingerprint density at radius 3 is 2.71 bits per heavy atom. The Kier molecular flexibility index (Phi) is 5.58. The van der Waals surface area contributed by atoms with Crippen LogP contribution >= 0.6 is 15.9 Å². The lowest BCUT2D eigenvalue weighted by molar-refractivity contribution is 0.426. The number of nitrogen functional groups attached to an aromatic ring is 1. The summed E-state index contributed by atoms with van der Waals surface area (Å²) in [5, 5.41) is 4.54. The number of hydrogen-bond donors (Lipinski definition) is 1. The number of rotatable bonds is 6. The van der Waals surface area contributed by atoms with E-state index in [1.807, 2.05) is 29.1 Å². The molecule has 0 saturated heterocycles. The molecule has 0 saturated carbocycles. The summed E-state index contributed by atoms with van der Waals surface area (Å²) in [6.45, 7) is 4.30. The maximum Gasteiger partial charge on any atom is 0.0753 e. The van der Waals surface area contributed by atoms with E-state index >= 15 is 0 Å². The first-order chi connectivity index (χ1) is 10.0. The molecule has 1 atom stereocenters. The molecular weight excluding hydrogens is 350 g/mol. The second kappa shape index (κ2) is 7.22. The van der Waals surface area contributed by atoms with Crippen molar-refractivity contribution in [1.29, 1.82) is 0 Å². The van der Waals surface area contributed by atoms with Gasteiger partial charge in [0.05, 0.1) is 33.2 Å². The normalized spacial score (nSPS) is 12.8. The van der Waals surface area contributed by atoms with Gasteiger partial charge in [0.25, 0.3) is 0 Å². The number of nitrogens with zero attached hydrogens (tertiary/aromatic N) is 2. The smallest absolute Gasteiger partial charge is 0.0753 e. The van der Waals surface area contributed by atoms with Gasteiger partial charge < -0.3 is 5.73 Å². The standard InChI is InChI=1S/C15H20BrN3OS/c1-3-13(4-2)19-8-7-12(18-19)10-21(20)15-9-11(16)5-6-14(15)17/h5-9,13H,3-4,10,17H2,1-2H3. The third-order valence-corrected chi connectivity index (χ3v) is 5.38. The zero-order chi connectivity index (χ0) is 15.4. The van der Waals surface area contributed by atoms with Crippen molar-refractivity contribution >= 4 is 32.4 Å². The van der Waals surface area contributed by atoms with Gasteiger partial charge in [0.15, 0.2) is 0 Å². The highest BCUT2D eigenvalue weighted by Crippen LogP contribution is 2.23. The molecule has 6 heteroatoms. The van der Waals surface area contributed by atoms with Crippen molar-refractivity contribution in [2.75, 3.05) is 5.73 Å². The van der Waals surface area contributed by atoms with E-state index in [1.54, 1.807) is 6.07 Å². The number of halogens is 1. The van der Waals surface area contributed by atoms with E-state index in [4.69, 9.17) is 5.73 Å². The molecule has 2 N–H and O–H groups in total. The van der Waals surface area contributed by atoms with Crippen LogP contribution in [0.4, 0.5) is 5.69 Å². The average molecular weight is 370 g/mol. The maximum atomic E-state index is 12.5. The van der Waals surface area contributed by atoms with Crippen LogP contribution < -0.4 is 5.73 Å². The highest BCUT2D eigenvalue weighted by atomic mass is 79.9. The second-order valence-corrected chi connectivity index (χ2v) is 7.26. The molecule has 0 radical (unpaired) electrons. The molecule has 2 aromatic rings. The van der Waals surface area contributed by atoms with E-state index in [0.717, 1.165) is 23.0 Å². The molecule has 0 amide bonds. The topological polar surface area (TPSA) is 60.9 Å². The van der Waals surface area contributed by atoms with Gasteiger partial charge in [-0.25, -0.2) is 0 Å². The van der Waals surface area contributed by atoms with Gasteiger partial charge in [0.1, 0.15) is 0 Å². The fourth-order valence-electron chi connectivity index (χ4n) is 2.24. The summed E-state index contributed by atoms with van der Waals surface area (Å²) < 4.78 is 15.3. The van der Waals surface area contributed by atoms with Gasteiger partial charge >= 0.3 is 0 Å². The van der Waals surface area contributed by atoms with Gasteiger partial charge in [-0.3, -0.25) is 8.89 Å². The lowest BCUT2D eigenvalue weighted by Crippen LogP contribution is -2.08. The van der Waals surface area contributed by atoms with Crippen molar-refractivity contribution in [2.45, 2.75) is 43.4 Å². The number of anilines is 1. The van der Waals surface area contributed by atoms with Crippen molar-refractivity contribution in [3.8, 4) is 0 Å². The zero-order valence-corrected chi connectivity index (χ0v) is 14.7. The molecule has 0 aliphatic carbocycles. The van der Waals surface area contributed by atoms with Gasteiger partial charge in [-0.05, 0) is 37.1 Å². The van der Waals surface area contributed by atoms with E-state index in [0.29, 0.717) is 22.4 Å². The largest absolute Gasteiger partial charge is 0.398 e. The van der Waals surface area contributed by atoms with Gasteiger partial charge in [0, 0.05) is 16.4 Å². The average Bonchev–Trinajstić information content (AvgIpc) is 2.91. The molecule has 0 aliphatic rings. The number of nitrogens with two attached hydrogens (primary N) is 1. The van der Waals surface area contributed by atoms with Gasteiger partial charge in [-0.2, -0.15) is 5.10 Å². The van der Waals surface area contributed by atoms with Gasteiger partial charge in [-0.15, -0.1) is 0 Å². The van der Waals surface area contributed by atoms with Gasteiger partial charge in [-0.1, -0.05) is 29.8 Å². The molecule has 1 aromatic carbocycles. The van der Waals surface area contributed by atoms with Crippen LogP contribution in [0.15, 0.2) is 39.8 Å². The summed E-state index contributed by atoms with van der Waals surface area (Å²) in [5.41, 5.74) is 7.29. The summed E-state index contributed by atoms with van der Waals surface area (Å²) in [6, 6.07) is 7.76. The Morgan fingerprint density at radius 2 is 2.05 bits per heavy atom. The van der Waals surface area contributed by atoms with Crippen LogP contribution in [-0.2, 0) is 16.6 Å². The molecule has 4 nitrogen and oxygen atoms in total. The molecule has 0 aliphatic heterocycles. The molecule has 114 valence electrons. The Morgan fingerprint density at radius 1 is 1.33 bits per heavy atom. The highest BCUT2D eigenvalue weighted by molar-refractivity contribution is 9.10. The minimum absolute atomic E-state index is 0.383. The van der Waals surface area contributed by atoms with Gasteiger partial charge in [0.2, 0.25) is 0 Å². The maximum absolute atomic E-state index is 12.5. The quantitative estimate of drug-likeness (QED) is 0.785. The molecule has 0 spiro atoms. The lowest BCUT2D eigenvalue weighted by Gasteiger charge is -2.12. The minimum Gasteiger partial charge on any atom is -0.398 e. The molecule has 2 rings (SSSR count). The summed E-state index contributed by atoms with van der Waals surface area (Å²) in [6.07, 6.45) is 4.05. The molecule has 0 fully saturated rings. The lowest BCUT2D eigenvalue weighted by atomic mass is 10.2. The van der Waals surface area contributed by atoms with E-state index in [2.05, 4.69) is 34.9 Å². The molecule has 1 aromatic heterocycles. The predicted octanol–water partition coefficient (Wildman–Crippen LogP) is 3.90. The van der Waals surface area contributed by atoms with Crippen LogP contribution in [0.1, 0.15) is 38.4 Å². The van der Waals surface area contributed by atoms with Crippen LogP contribution in [-0.4, -0.2) is 14.0 Å². The summed E-state index contributed by atoms with van der Waals surface area (Å²) in [5.74, 6) is 0.383. The Balaban J connectivity index is 2.15. The van der Waals surface area contributed by atoms with E-state index in [1.165, 1.54) is 0 Å². The second-order valence-electron chi connectivity index (χ2n) is 4.93. The third kappa shape index (κ3) is 3.95. The summed E-state index contributed by atoms with van der Waals surface area (Å²) >= 11 is 3.38. The Hall–Kier alpha value is -1.14. The number of aromatic nitrogens is 2. The zero-order valence-electron chi connectivity index (χ0n) is 12.3. The Labute approximate surface area is 136 Å². The molecule has 1 heterocycles. The van der Waals surface area contributed by atoms with E-state index < -0.39 is 10.8 Å². The SMILES string of the molecule is CCC(CC)n1ccc(CS(=O)c2cc(Br)ccc2N)n1. The first kappa shape index (κ1) is 16.2. The first-order valence-corrected chi connectivity index (χ1v) is 9.13. The highest BCUT2D eigenvalue weighted by Gasteiger charge is 2.13. The van der Waals surface area contributed by atoms with Crippen LogP contribution in [0.25, 0.3) is 0 Å². The molecule has 21 heavy (non-hydrogen) atoms. The van der Waals surface area contributed by atoms with Crippen molar-refractivity contribution in [2.24, 2.45) is 0 Å². The summed E-state index contributed by atoms with van der Waals surface area (Å²) in [4.78, 5) is 0.654. The van der Waals surface area contributed by atoms with E-state index in [-0.39, 0.29) is 0 Å². The van der Waals surface area contributed by atoms with Crippen LogP contribution in [0.2, 0.25) is 0 Å². The first-order valence-electron chi connectivity index (χ1n) is 7.02.